The van der Waals surface area contributed by atoms with Gasteiger partial charge in [-0.15, -0.1) is 0 Å². The lowest BCUT2D eigenvalue weighted by atomic mass is 10.1. The predicted octanol–water partition coefficient (Wildman–Crippen LogP) is 2.61. The quantitative estimate of drug-likeness (QED) is 0.750. The smallest absolute Gasteiger partial charge is 0.142 e. The Kier molecular flexibility index (Phi) is 3.45. The van der Waals surface area contributed by atoms with E-state index in [9.17, 15) is 4.39 Å². The lowest BCUT2D eigenvalue weighted by molar-refractivity contribution is 0.625. The zero-order valence-electron chi connectivity index (χ0n) is 7.22. The van der Waals surface area contributed by atoms with Gasteiger partial charge in [-0.2, -0.15) is 10.5 Å². The summed E-state index contributed by atoms with van der Waals surface area (Å²) in [6.45, 7) is 0. The van der Waals surface area contributed by atoms with Gasteiger partial charge in [0, 0.05) is 0 Å². The molecule has 0 N–H and O–H groups in total. The third kappa shape index (κ3) is 2.22. The number of halogens is 2. The number of nitriles is 2. The maximum Gasteiger partial charge on any atom is 0.142 e. The highest BCUT2D eigenvalue weighted by atomic mass is 35.5. The summed E-state index contributed by atoms with van der Waals surface area (Å²) in [7, 11) is 0. The van der Waals surface area contributed by atoms with Gasteiger partial charge in [0.05, 0.1) is 30.0 Å². The molecule has 0 atom stereocenters. The molecule has 0 radical (unpaired) electrons. The maximum absolute atomic E-state index is 13.1. The number of rotatable bonds is 2. The van der Waals surface area contributed by atoms with Crippen molar-refractivity contribution in [1.82, 2.24) is 0 Å². The van der Waals surface area contributed by atoms with Gasteiger partial charge in [0.15, 0.2) is 0 Å². The molecular formula is C10H6ClFN2. The summed E-state index contributed by atoms with van der Waals surface area (Å²) in [5, 5.41) is 16.9. The lowest BCUT2D eigenvalue weighted by Crippen LogP contribution is -1.92. The molecule has 1 aromatic carbocycles. The second-order valence-electron chi connectivity index (χ2n) is 2.72. The van der Waals surface area contributed by atoms with Crippen molar-refractivity contribution in [2.75, 3.05) is 0 Å². The highest BCUT2D eigenvalue weighted by Crippen LogP contribution is 2.22. The largest absolute Gasteiger partial charge is 0.205 e. The first-order valence-corrected chi connectivity index (χ1v) is 4.27. The van der Waals surface area contributed by atoms with Gasteiger partial charge >= 0.3 is 0 Å². The van der Waals surface area contributed by atoms with Crippen LogP contribution in [0.1, 0.15) is 11.1 Å². The van der Waals surface area contributed by atoms with Crippen LogP contribution in [0.3, 0.4) is 0 Å². The molecule has 0 amide bonds. The second kappa shape index (κ2) is 4.60. The van der Waals surface area contributed by atoms with Crippen LogP contribution in [-0.4, -0.2) is 0 Å². The molecule has 70 valence electrons. The van der Waals surface area contributed by atoms with Crippen LogP contribution in [0.2, 0.25) is 5.02 Å². The van der Waals surface area contributed by atoms with Crippen LogP contribution in [0.25, 0.3) is 0 Å². The first-order valence-electron chi connectivity index (χ1n) is 3.89. The van der Waals surface area contributed by atoms with Crippen molar-refractivity contribution in [1.29, 1.82) is 10.5 Å². The second-order valence-corrected chi connectivity index (χ2v) is 3.10. The van der Waals surface area contributed by atoms with Crippen LogP contribution in [0.4, 0.5) is 4.39 Å². The average Bonchev–Trinajstić information content (AvgIpc) is 2.14. The molecule has 0 aromatic heterocycles. The van der Waals surface area contributed by atoms with Gasteiger partial charge < -0.3 is 0 Å². The Balaban J connectivity index is 3.16. The van der Waals surface area contributed by atoms with Crippen LogP contribution >= 0.6 is 11.6 Å². The van der Waals surface area contributed by atoms with Crippen molar-refractivity contribution in [2.24, 2.45) is 0 Å². The topological polar surface area (TPSA) is 47.6 Å². The van der Waals surface area contributed by atoms with Crippen LogP contribution < -0.4 is 0 Å². The standard InChI is InChI=1S/C10H6ClFN2/c11-10-8(2-4-14)5-7(1-3-13)6-9(10)12/h5-6H,1-2H2. The number of benzene rings is 1. The molecule has 0 aliphatic heterocycles. The van der Waals surface area contributed by atoms with E-state index in [0.29, 0.717) is 11.1 Å². The first-order chi connectivity index (χ1) is 6.69. The van der Waals surface area contributed by atoms with Crippen LogP contribution in [-0.2, 0) is 12.8 Å². The van der Waals surface area contributed by atoms with E-state index in [1.807, 2.05) is 12.1 Å². The van der Waals surface area contributed by atoms with E-state index in [-0.39, 0.29) is 17.9 Å². The van der Waals surface area contributed by atoms with Gasteiger partial charge in [0.2, 0.25) is 0 Å². The van der Waals surface area contributed by atoms with E-state index < -0.39 is 5.82 Å². The van der Waals surface area contributed by atoms with Gasteiger partial charge in [-0.3, -0.25) is 0 Å². The van der Waals surface area contributed by atoms with E-state index in [2.05, 4.69) is 0 Å². The van der Waals surface area contributed by atoms with E-state index in [0.717, 1.165) is 0 Å². The molecule has 0 aliphatic rings. The van der Waals surface area contributed by atoms with Crippen molar-refractivity contribution in [3.8, 4) is 12.1 Å². The normalized spacial score (nSPS) is 9.14. The highest BCUT2D eigenvalue weighted by molar-refractivity contribution is 6.31. The molecule has 1 aromatic rings. The molecule has 0 bridgehead atoms. The molecule has 1 rings (SSSR count). The third-order valence-corrected chi connectivity index (χ3v) is 2.14. The summed E-state index contributed by atoms with van der Waals surface area (Å²) >= 11 is 5.64. The Morgan fingerprint density at radius 2 is 1.86 bits per heavy atom. The van der Waals surface area contributed by atoms with E-state index in [4.69, 9.17) is 22.1 Å². The lowest BCUT2D eigenvalue weighted by Gasteiger charge is -2.03. The third-order valence-electron chi connectivity index (χ3n) is 1.72. The molecule has 0 saturated carbocycles. The summed E-state index contributed by atoms with van der Waals surface area (Å²) in [6.07, 6.45) is 0.168. The molecule has 0 unspecified atom stereocenters. The minimum absolute atomic E-state index is 0.0340. The van der Waals surface area contributed by atoms with E-state index >= 15 is 0 Å². The molecule has 0 spiro atoms. The molecule has 2 nitrogen and oxygen atoms in total. The van der Waals surface area contributed by atoms with Crippen molar-refractivity contribution >= 4 is 11.6 Å². The van der Waals surface area contributed by atoms with Crippen molar-refractivity contribution in [3.05, 3.63) is 34.1 Å². The summed E-state index contributed by atoms with van der Waals surface area (Å²) < 4.78 is 13.1. The Hall–Kier alpha value is -1.58. The van der Waals surface area contributed by atoms with Gasteiger partial charge in [0.25, 0.3) is 0 Å². The van der Waals surface area contributed by atoms with Crippen molar-refractivity contribution in [2.45, 2.75) is 12.8 Å². The predicted molar refractivity (Wildman–Crippen MR) is 50.0 cm³/mol. The number of hydrogen-bond donors (Lipinski definition) is 0. The zero-order chi connectivity index (χ0) is 10.6. The zero-order valence-corrected chi connectivity index (χ0v) is 7.98. The Morgan fingerprint density at radius 3 is 2.43 bits per heavy atom. The molecule has 14 heavy (non-hydrogen) atoms. The molecular weight excluding hydrogens is 203 g/mol. The number of nitrogens with zero attached hydrogens (tertiary/aromatic N) is 2. The Bertz CT molecular complexity index is 429. The van der Waals surface area contributed by atoms with Gasteiger partial charge in [-0.05, 0) is 17.2 Å². The number of hydrogen-bond acceptors (Lipinski definition) is 2. The molecule has 0 saturated heterocycles. The summed E-state index contributed by atoms with van der Waals surface area (Å²) in [5.41, 5.74) is 0.971. The van der Waals surface area contributed by atoms with Crippen LogP contribution in [0.15, 0.2) is 12.1 Å². The minimum Gasteiger partial charge on any atom is -0.205 e. The molecule has 0 aliphatic carbocycles. The van der Waals surface area contributed by atoms with Crippen molar-refractivity contribution < 1.29 is 4.39 Å². The van der Waals surface area contributed by atoms with Crippen LogP contribution in [0, 0.1) is 28.5 Å². The summed E-state index contributed by atoms with van der Waals surface area (Å²) in [5.74, 6) is -0.579. The average molecular weight is 209 g/mol. The van der Waals surface area contributed by atoms with Crippen LogP contribution in [0.5, 0.6) is 0 Å². The fourth-order valence-corrected chi connectivity index (χ4v) is 1.29. The Morgan fingerprint density at radius 1 is 1.21 bits per heavy atom. The summed E-state index contributed by atoms with van der Waals surface area (Å²) in [4.78, 5) is 0. The first kappa shape index (κ1) is 10.5. The van der Waals surface area contributed by atoms with E-state index in [1.165, 1.54) is 6.07 Å². The van der Waals surface area contributed by atoms with Gasteiger partial charge in [0.1, 0.15) is 5.82 Å². The monoisotopic (exact) mass is 208 g/mol. The molecule has 0 fully saturated rings. The minimum atomic E-state index is -0.579. The van der Waals surface area contributed by atoms with Gasteiger partial charge in [-0.1, -0.05) is 17.7 Å². The van der Waals surface area contributed by atoms with E-state index in [1.54, 1.807) is 6.07 Å². The Labute approximate surface area is 86.1 Å². The highest BCUT2D eigenvalue weighted by Gasteiger charge is 2.08. The maximum atomic E-state index is 13.1. The van der Waals surface area contributed by atoms with Gasteiger partial charge in [-0.25, -0.2) is 4.39 Å². The fourth-order valence-electron chi connectivity index (χ4n) is 1.12. The fraction of sp³-hybridized carbons (Fsp3) is 0.200. The van der Waals surface area contributed by atoms with Crippen molar-refractivity contribution in [3.63, 3.8) is 0 Å². The summed E-state index contributed by atoms with van der Waals surface area (Å²) in [6, 6.07) is 6.59. The SMILES string of the molecule is N#CCc1cc(F)c(Cl)c(CC#N)c1. The molecule has 0 heterocycles. The molecule has 4 heteroatoms.